The minimum absolute atomic E-state index is 0.0284. The first-order valence-corrected chi connectivity index (χ1v) is 12.9. The number of para-hydroxylation sites is 2. The van der Waals surface area contributed by atoms with Gasteiger partial charge in [0.15, 0.2) is 0 Å². The summed E-state index contributed by atoms with van der Waals surface area (Å²) in [7, 11) is -2.19. The number of hydrogen-bond acceptors (Lipinski definition) is 5. The maximum absolute atomic E-state index is 14.3. The normalized spacial score (nSPS) is 12.0. The Kier molecular flexibility index (Phi) is 9.85. The molecule has 186 valence electrons. The summed E-state index contributed by atoms with van der Waals surface area (Å²) >= 11 is 0. The van der Waals surface area contributed by atoms with E-state index in [0.717, 1.165) is 6.26 Å². The van der Waals surface area contributed by atoms with E-state index < -0.39 is 21.9 Å². The Morgan fingerprint density at radius 1 is 1.12 bits per heavy atom. The fourth-order valence-electron chi connectivity index (χ4n) is 3.53. The number of hydrogen-bond donors (Lipinski definition) is 1. The largest absolute Gasteiger partial charge is 0.495 e. The molecular formula is C24H32FN3O5S. The lowest BCUT2D eigenvalue weighted by atomic mass is 10.1. The van der Waals surface area contributed by atoms with Crippen molar-refractivity contribution >= 4 is 27.5 Å². The van der Waals surface area contributed by atoms with E-state index >= 15 is 0 Å². The lowest BCUT2D eigenvalue weighted by Gasteiger charge is -2.29. The van der Waals surface area contributed by atoms with E-state index in [-0.39, 0.29) is 37.7 Å². The molecule has 2 aromatic carbocycles. The van der Waals surface area contributed by atoms with Gasteiger partial charge in [0.05, 0.1) is 19.1 Å². The SMILES string of the molecule is CCNC(=O)C(C)N(Cc1ccccc1F)C(=O)CCCN(c1ccccc1OC)S(C)(=O)=O. The fraction of sp³-hybridized carbons (Fsp3) is 0.417. The van der Waals surface area contributed by atoms with Crippen molar-refractivity contribution in [1.82, 2.24) is 10.2 Å². The Morgan fingerprint density at radius 3 is 2.38 bits per heavy atom. The third-order valence-corrected chi connectivity index (χ3v) is 6.50. The number of benzene rings is 2. The van der Waals surface area contributed by atoms with Crippen molar-refractivity contribution in [3.8, 4) is 5.75 Å². The molecule has 0 spiro atoms. The summed E-state index contributed by atoms with van der Waals surface area (Å²) in [5, 5.41) is 2.68. The van der Waals surface area contributed by atoms with Gasteiger partial charge in [0.1, 0.15) is 17.6 Å². The van der Waals surface area contributed by atoms with E-state index in [9.17, 15) is 22.4 Å². The van der Waals surface area contributed by atoms with Crippen LogP contribution in [0.2, 0.25) is 0 Å². The van der Waals surface area contributed by atoms with Gasteiger partial charge in [-0.25, -0.2) is 12.8 Å². The molecular weight excluding hydrogens is 461 g/mol. The first kappa shape index (κ1) is 27.1. The van der Waals surface area contributed by atoms with Gasteiger partial charge in [0.25, 0.3) is 0 Å². The number of anilines is 1. The summed E-state index contributed by atoms with van der Waals surface area (Å²) in [4.78, 5) is 26.9. The van der Waals surface area contributed by atoms with Crippen molar-refractivity contribution in [3.63, 3.8) is 0 Å². The second kappa shape index (κ2) is 12.4. The number of nitrogens with one attached hydrogen (secondary N) is 1. The topological polar surface area (TPSA) is 96.0 Å². The molecule has 2 aromatic rings. The van der Waals surface area contributed by atoms with Gasteiger partial charge in [-0.1, -0.05) is 30.3 Å². The number of carbonyl (C=O) groups excluding carboxylic acids is 2. The molecule has 34 heavy (non-hydrogen) atoms. The Morgan fingerprint density at radius 2 is 1.76 bits per heavy atom. The van der Waals surface area contributed by atoms with Gasteiger partial charge in [-0.2, -0.15) is 0 Å². The summed E-state index contributed by atoms with van der Waals surface area (Å²) in [5.74, 6) is -0.803. The lowest BCUT2D eigenvalue weighted by Crippen LogP contribution is -2.47. The number of methoxy groups -OCH3 is 1. The molecule has 1 atom stereocenters. The third-order valence-electron chi connectivity index (χ3n) is 5.32. The Labute approximate surface area is 200 Å². The van der Waals surface area contributed by atoms with Crippen molar-refractivity contribution in [2.45, 2.75) is 39.3 Å². The average molecular weight is 494 g/mol. The molecule has 0 fully saturated rings. The van der Waals surface area contributed by atoms with Gasteiger partial charge in [0, 0.05) is 31.6 Å². The lowest BCUT2D eigenvalue weighted by molar-refractivity contribution is -0.140. The van der Waals surface area contributed by atoms with Gasteiger partial charge in [-0.05, 0) is 38.5 Å². The summed E-state index contributed by atoms with van der Waals surface area (Å²) in [6.45, 7) is 3.71. The van der Waals surface area contributed by atoms with E-state index in [0.29, 0.717) is 23.5 Å². The standard InChI is InChI=1S/C24H32FN3O5S/c1-5-26-24(30)18(2)27(17-19-11-6-7-12-20(19)25)23(29)15-10-16-28(34(4,31)32)21-13-8-9-14-22(21)33-3/h6-9,11-14,18H,5,10,15-17H2,1-4H3,(H,26,30). The quantitative estimate of drug-likeness (QED) is 0.491. The Balaban J connectivity index is 2.20. The zero-order chi connectivity index (χ0) is 25.3. The highest BCUT2D eigenvalue weighted by atomic mass is 32.2. The van der Waals surface area contributed by atoms with Crippen LogP contribution >= 0.6 is 0 Å². The number of likely N-dealkylation sites (N-methyl/N-ethyl adjacent to an activating group) is 1. The van der Waals surface area contributed by atoms with E-state index in [1.165, 1.54) is 22.4 Å². The highest BCUT2D eigenvalue weighted by Crippen LogP contribution is 2.29. The number of carbonyl (C=O) groups is 2. The molecule has 0 saturated carbocycles. The zero-order valence-electron chi connectivity index (χ0n) is 20.0. The molecule has 0 radical (unpaired) electrons. The van der Waals surface area contributed by atoms with Gasteiger partial charge in [-0.3, -0.25) is 13.9 Å². The Bertz CT molecular complexity index is 1090. The number of rotatable bonds is 12. The number of sulfonamides is 1. The molecule has 10 heteroatoms. The molecule has 1 unspecified atom stereocenters. The predicted octanol–water partition coefficient (Wildman–Crippen LogP) is 2.93. The van der Waals surface area contributed by atoms with E-state index in [1.807, 2.05) is 0 Å². The van der Waals surface area contributed by atoms with Crippen LogP contribution in [0.25, 0.3) is 0 Å². The minimum Gasteiger partial charge on any atom is -0.495 e. The van der Waals surface area contributed by atoms with Crippen LogP contribution in [0.1, 0.15) is 32.3 Å². The van der Waals surface area contributed by atoms with Crippen LogP contribution in [-0.4, -0.2) is 57.6 Å². The van der Waals surface area contributed by atoms with Crippen LogP contribution in [0, 0.1) is 5.82 Å². The number of amides is 2. The number of ether oxygens (including phenoxy) is 1. The number of nitrogens with zero attached hydrogens (tertiary/aromatic N) is 2. The van der Waals surface area contributed by atoms with Crippen LogP contribution < -0.4 is 14.4 Å². The summed E-state index contributed by atoms with van der Waals surface area (Å²) in [6, 6.07) is 12.0. The smallest absolute Gasteiger partial charge is 0.242 e. The van der Waals surface area contributed by atoms with Crippen LogP contribution in [0.4, 0.5) is 10.1 Å². The highest BCUT2D eigenvalue weighted by molar-refractivity contribution is 7.92. The van der Waals surface area contributed by atoms with Crippen molar-refractivity contribution in [1.29, 1.82) is 0 Å². The molecule has 2 rings (SSSR count). The first-order valence-electron chi connectivity index (χ1n) is 11.0. The van der Waals surface area contributed by atoms with Gasteiger partial charge in [0.2, 0.25) is 21.8 Å². The minimum atomic E-state index is -3.65. The molecule has 0 bridgehead atoms. The van der Waals surface area contributed by atoms with Crippen molar-refractivity contribution in [2.24, 2.45) is 0 Å². The molecule has 0 aliphatic carbocycles. The van der Waals surface area contributed by atoms with Gasteiger partial charge < -0.3 is 15.0 Å². The summed E-state index contributed by atoms with van der Waals surface area (Å²) in [5.41, 5.74) is 0.664. The second-order valence-corrected chi connectivity index (χ2v) is 9.70. The highest BCUT2D eigenvalue weighted by Gasteiger charge is 2.27. The van der Waals surface area contributed by atoms with Crippen molar-refractivity contribution < 1.29 is 27.1 Å². The third kappa shape index (κ3) is 7.18. The van der Waals surface area contributed by atoms with Crippen LogP contribution in [0.15, 0.2) is 48.5 Å². The van der Waals surface area contributed by atoms with Crippen LogP contribution in [0.5, 0.6) is 5.75 Å². The maximum Gasteiger partial charge on any atom is 0.242 e. The first-order chi connectivity index (χ1) is 16.1. The molecule has 1 N–H and O–H groups in total. The van der Waals surface area contributed by atoms with Crippen LogP contribution in [-0.2, 0) is 26.2 Å². The van der Waals surface area contributed by atoms with Crippen LogP contribution in [0.3, 0.4) is 0 Å². The molecule has 2 amide bonds. The molecule has 0 aliphatic heterocycles. The molecule has 0 aromatic heterocycles. The predicted molar refractivity (Wildman–Crippen MR) is 130 cm³/mol. The monoisotopic (exact) mass is 493 g/mol. The molecule has 8 nitrogen and oxygen atoms in total. The maximum atomic E-state index is 14.3. The molecule has 0 saturated heterocycles. The van der Waals surface area contributed by atoms with E-state index in [1.54, 1.807) is 56.3 Å². The zero-order valence-corrected chi connectivity index (χ0v) is 20.8. The Hall–Kier alpha value is -3.14. The fourth-order valence-corrected chi connectivity index (χ4v) is 4.50. The summed E-state index contributed by atoms with van der Waals surface area (Å²) in [6.07, 6.45) is 1.25. The summed E-state index contributed by atoms with van der Waals surface area (Å²) < 4.78 is 45.6. The van der Waals surface area contributed by atoms with Crippen molar-refractivity contribution in [2.75, 3.05) is 30.8 Å². The van der Waals surface area contributed by atoms with E-state index in [4.69, 9.17) is 4.74 Å². The number of halogens is 1. The molecule has 0 heterocycles. The van der Waals surface area contributed by atoms with Gasteiger partial charge in [-0.15, -0.1) is 0 Å². The van der Waals surface area contributed by atoms with E-state index in [2.05, 4.69) is 5.32 Å². The van der Waals surface area contributed by atoms with Gasteiger partial charge >= 0.3 is 0 Å². The average Bonchev–Trinajstić information content (AvgIpc) is 2.80. The van der Waals surface area contributed by atoms with Crippen molar-refractivity contribution in [3.05, 3.63) is 59.9 Å². The molecule has 0 aliphatic rings. The second-order valence-electron chi connectivity index (χ2n) is 7.79.